The topological polar surface area (TPSA) is 54.9 Å². The first kappa shape index (κ1) is 13.7. The molecule has 2 heterocycles. The van der Waals surface area contributed by atoms with Gasteiger partial charge in [-0.3, -0.25) is 9.78 Å². The van der Waals surface area contributed by atoms with Crippen LogP contribution in [-0.2, 0) is 10.2 Å². The van der Waals surface area contributed by atoms with Crippen molar-refractivity contribution >= 4 is 22.9 Å². The minimum absolute atomic E-state index is 0.0730. The summed E-state index contributed by atoms with van der Waals surface area (Å²) in [5.74, 6) is -0.0730. The van der Waals surface area contributed by atoms with Crippen molar-refractivity contribution in [3.8, 4) is 0 Å². The number of carbonyl (C=O) groups excluding carboxylic acids is 1. The number of nitrogens with one attached hydrogen (secondary N) is 1. The van der Waals surface area contributed by atoms with E-state index in [0.29, 0.717) is 0 Å². The lowest BCUT2D eigenvalue weighted by Crippen LogP contribution is -2.34. The summed E-state index contributed by atoms with van der Waals surface area (Å²) in [7, 11) is 0. The molecule has 100 valence electrons. The molecule has 0 unspecified atom stereocenters. The molecule has 0 aliphatic rings. The highest BCUT2D eigenvalue weighted by Gasteiger charge is 2.32. The third-order valence-corrected chi connectivity index (χ3v) is 4.10. The molecule has 2 rings (SSSR count). The van der Waals surface area contributed by atoms with Gasteiger partial charge in [-0.05, 0) is 39.8 Å². The van der Waals surface area contributed by atoms with Gasteiger partial charge in [-0.1, -0.05) is 0 Å². The van der Waals surface area contributed by atoms with Gasteiger partial charge in [0, 0.05) is 17.3 Å². The van der Waals surface area contributed by atoms with E-state index in [2.05, 4.69) is 15.3 Å². The Morgan fingerprint density at radius 1 is 1.32 bits per heavy atom. The molecule has 0 radical (unpaired) electrons. The molecule has 5 heteroatoms. The number of hydrogen-bond acceptors (Lipinski definition) is 4. The first-order valence-electron chi connectivity index (χ1n) is 6.07. The van der Waals surface area contributed by atoms with E-state index in [-0.39, 0.29) is 5.91 Å². The highest BCUT2D eigenvalue weighted by atomic mass is 32.1. The second kappa shape index (κ2) is 5.09. The van der Waals surface area contributed by atoms with Crippen LogP contribution < -0.4 is 5.32 Å². The van der Waals surface area contributed by atoms with Gasteiger partial charge in [-0.15, -0.1) is 11.3 Å². The van der Waals surface area contributed by atoms with Crippen LogP contribution in [0.1, 0.15) is 30.2 Å². The van der Waals surface area contributed by atoms with Crippen molar-refractivity contribution in [1.82, 2.24) is 9.97 Å². The number of pyridine rings is 1. The van der Waals surface area contributed by atoms with Crippen molar-refractivity contribution in [3.05, 3.63) is 40.1 Å². The highest BCUT2D eigenvalue weighted by Crippen LogP contribution is 2.27. The third-order valence-electron chi connectivity index (χ3n) is 3.01. The molecule has 2 aromatic rings. The molecule has 0 fully saturated rings. The van der Waals surface area contributed by atoms with E-state index in [1.807, 2.05) is 45.2 Å². The number of amides is 1. The van der Waals surface area contributed by atoms with Gasteiger partial charge >= 0.3 is 0 Å². The van der Waals surface area contributed by atoms with Crippen molar-refractivity contribution in [2.24, 2.45) is 0 Å². The van der Waals surface area contributed by atoms with Crippen LogP contribution in [0.5, 0.6) is 0 Å². The molecule has 1 N–H and O–H groups in total. The summed E-state index contributed by atoms with van der Waals surface area (Å²) < 4.78 is 0. The van der Waals surface area contributed by atoms with Gasteiger partial charge in [0.2, 0.25) is 5.91 Å². The SMILES string of the molecule is Cc1ccc(NC(=O)C(C)(C)c2nccs2)c(C)n1. The van der Waals surface area contributed by atoms with Gasteiger partial charge in [-0.25, -0.2) is 4.98 Å². The zero-order valence-electron chi connectivity index (χ0n) is 11.5. The molecule has 1 amide bonds. The second-order valence-electron chi connectivity index (χ2n) is 5.00. The molecule has 0 aliphatic carbocycles. The van der Waals surface area contributed by atoms with Crippen LogP contribution in [0, 0.1) is 13.8 Å². The Morgan fingerprint density at radius 2 is 2.05 bits per heavy atom. The third kappa shape index (κ3) is 2.81. The quantitative estimate of drug-likeness (QED) is 0.936. The first-order chi connectivity index (χ1) is 8.91. The van der Waals surface area contributed by atoms with E-state index < -0.39 is 5.41 Å². The maximum Gasteiger partial charge on any atom is 0.236 e. The number of rotatable bonds is 3. The lowest BCUT2D eigenvalue weighted by Gasteiger charge is -2.21. The lowest BCUT2D eigenvalue weighted by molar-refractivity contribution is -0.120. The number of anilines is 1. The molecule has 4 nitrogen and oxygen atoms in total. The van der Waals surface area contributed by atoms with Gasteiger partial charge in [0.25, 0.3) is 0 Å². The van der Waals surface area contributed by atoms with Gasteiger partial charge in [0.15, 0.2) is 0 Å². The Balaban J connectivity index is 2.21. The van der Waals surface area contributed by atoms with E-state index in [4.69, 9.17) is 0 Å². The number of thiazole rings is 1. The molecular formula is C14H17N3OS. The summed E-state index contributed by atoms with van der Waals surface area (Å²) in [6.07, 6.45) is 1.72. The van der Waals surface area contributed by atoms with Crippen LogP contribution in [0.25, 0.3) is 0 Å². The number of aryl methyl sites for hydroxylation is 2. The van der Waals surface area contributed by atoms with Gasteiger partial charge in [-0.2, -0.15) is 0 Å². The molecule has 0 spiro atoms. The van der Waals surface area contributed by atoms with E-state index in [9.17, 15) is 4.79 Å². The summed E-state index contributed by atoms with van der Waals surface area (Å²) in [5.41, 5.74) is 1.86. The number of aromatic nitrogens is 2. The van der Waals surface area contributed by atoms with Crippen LogP contribution in [0.15, 0.2) is 23.7 Å². The van der Waals surface area contributed by atoms with E-state index in [1.165, 1.54) is 11.3 Å². The largest absolute Gasteiger partial charge is 0.324 e. The van der Waals surface area contributed by atoms with Crippen molar-refractivity contribution in [1.29, 1.82) is 0 Å². The fourth-order valence-electron chi connectivity index (χ4n) is 1.73. The van der Waals surface area contributed by atoms with Crippen molar-refractivity contribution < 1.29 is 4.79 Å². The fraction of sp³-hybridized carbons (Fsp3) is 0.357. The fourth-order valence-corrected chi connectivity index (χ4v) is 2.49. The Hall–Kier alpha value is -1.75. The van der Waals surface area contributed by atoms with Crippen LogP contribution in [0.4, 0.5) is 5.69 Å². The van der Waals surface area contributed by atoms with Crippen LogP contribution in [0.2, 0.25) is 0 Å². The minimum Gasteiger partial charge on any atom is -0.324 e. The van der Waals surface area contributed by atoms with Crippen molar-refractivity contribution in [2.45, 2.75) is 33.1 Å². The average Bonchev–Trinajstić information content (AvgIpc) is 2.86. The number of carbonyl (C=O) groups is 1. The molecule has 19 heavy (non-hydrogen) atoms. The normalized spacial score (nSPS) is 11.4. The minimum atomic E-state index is -0.647. The predicted octanol–water partition coefficient (Wildman–Crippen LogP) is 3.07. The summed E-state index contributed by atoms with van der Waals surface area (Å²) >= 11 is 1.49. The molecule has 0 saturated carbocycles. The lowest BCUT2D eigenvalue weighted by atomic mass is 9.93. The van der Waals surface area contributed by atoms with Gasteiger partial charge in [0.05, 0.1) is 16.8 Å². The Labute approximate surface area is 116 Å². The van der Waals surface area contributed by atoms with Crippen molar-refractivity contribution in [2.75, 3.05) is 5.32 Å². The van der Waals surface area contributed by atoms with Crippen LogP contribution >= 0.6 is 11.3 Å². The molecule has 0 saturated heterocycles. The molecular weight excluding hydrogens is 258 g/mol. The van der Waals surface area contributed by atoms with Crippen LogP contribution in [0.3, 0.4) is 0 Å². The van der Waals surface area contributed by atoms with E-state index in [0.717, 1.165) is 22.1 Å². The standard InChI is InChI=1S/C14H17N3OS/c1-9-5-6-11(10(2)16-9)17-12(18)14(3,4)13-15-7-8-19-13/h5-8H,1-4H3,(H,17,18). The number of hydrogen-bond donors (Lipinski definition) is 1. The maximum absolute atomic E-state index is 12.4. The maximum atomic E-state index is 12.4. The molecule has 0 aliphatic heterocycles. The Kier molecular flexibility index (Phi) is 3.66. The van der Waals surface area contributed by atoms with Gasteiger partial charge in [0.1, 0.15) is 5.01 Å². The van der Waals surface area contributed by atoms with Crippen molar-refractivity contribution in [3.63, 3.8) is 0 Å². The molecule has 0 aromatic carbocycles. The highest BCUT2D eigenvalue weighted by molar-refractivity contribution is 7.09. The summed E-state index contributed by atoms with van der Waals surface area (Å²) in [6, 6.07) is 3.77. The molecule has 0 bridgehead atoms. The predicted molar refractivity (Wildman–Crippen MR) is 77.5 cm³/mol. The van der Waals surface area contributed by atoms with Crippen LogP contribution in [-0.4, -0.2) is 15.9 Å². The zero-order valence-corrected chi connectivity index (χ0v) is 12.3. The molecule has 0 atom stereocenters. The summed E-state index contributed by atoms with van der Waals surface area (Å²) in [6.45, 7) is 7.56. The summed E-state index contributed by atoms with van der Waals surface area (Å²) in [5, 5.41) is 5.62. The smallest absolute Gasteiger partial charge is 0.236 e. The van der Waals surface area contributed by atoms with E-state index in [1.54, 1.807) is 6.20 Å². The van der Waals surface area contributed by atoms with E-state index >= 15 is 0 Å². The summed E-state index contributed by atoms with van der Waals surface area (Å²) in [4.78, 5) is 21.0. The Morgan fingerprint density at radius 3 is 2.63 bits per heavy atom. The first-order valence-corrected chi connectivity index (χ1v) is 6.95. The average molecular weight is 275 g/mol. The number of nitrogens with zero attached hydrogens (tertiary/aromatic N) is 2. The monoisotopic (exact) mass is 275 g/mol. The zero-order chi connectivity index (χ0) is 14.0. The van der Waals surface area contributed by atoms with Gasteiger partial charge < -0.3 is 5.32 Å². The second-order valence-corrected chi connectivity index (χ2v) is 5.90. The Bertz CT molecular complexity index is 591. The molecule has 2 aromatic heterocycles.